The smallest absolute Gasteiger partial charge is 0.0443 e. The predicted molar refractivity (Wildman–Crippen MR) is 62.1 cm³/mol. The zero-order valence-corrected chi connectivity index (χ0v) is 9.43. The van der Waals surface area contributed by atoms with Crippen molar-refractivity contribution in [1.82, 2.24) is 5.32 Å². The molecule has 1 saturated carbocycles. The molecule has 1 aromatic carbocycles. The minimum atomic E-state index is 0.166. The molecule has 2 rings (SSSR count). The summed E-state index contributed by atoms with van der Waals surface area (Å²) in [5.74, 6) is 0. The highest BCUT2D eigenvalue weighted by Crippen LogP contribution is 2.45. The van der Waals surface area contributed by atoms with Crippen molar-refractivity contribution >= 4 is 11.6 Å². The molecule has 82 valence electrons. The Balaban J connectivity index is 1.99. The van der Waals surface area contributed by atoms with Crippen LogP contribution in [0.25, 0.3) is 0 Å². The molecule has 0 bridgehead atoms. The van der Waals surface area contributed by atoms with Crippen LogP contribution in [0.15, 0.2) is 24.3 Å². The van der Waals surface area contributed by atoms with E-state index in [1.165, 1.54) is 18.4 Å². The molecule has 2 N–H and O–H groups in total. The van der Waals surface area contributed by atoms with Crippen LogP contribution in [0.4, 0.5) is 0 Å². The van der Waals surface area contributed by atoms with E-state index in [9.17, 15) is 0 Å². The van der Waals surface area contributed by atoms with Crippen LogP contribution >= 0.6 is 11.6 Å². The lowest BCUT2D eigenvalue weighted by Gasteiger charge is -2.17. The molecule has 1 aromatic rings. The van der Waals surface area contributed by atoms with E-state index in [1.807, 2.05) is 12.1 Å². The molecule has 0 spiro atoms. The van der Waals surface area contributed by atoms with E-state index >= 15 is 0 Å². The van der Waals surface area contributed by atoms with Gasteiger partial charge in [-0.2, -0.15) is 0 Å². The molecule has 0 aliphatic heterocycles. The lowest BCUT2D eigenvalue weighted by atomic mass is 10.1. The maximum absolute atomic E-state index is 8.73. The van der Waals surface area contributed by atoms with Gasteiger partial charge in [0, 0.05) is 17.2 Å². The Morgan fingerprint density at radius 3 is 2.47 bits per heavy atom. The Morgan fingerprint density at radius 2 is 1.93 bits per heavy atom. The van der Waals surface area contributed by atoms with E-state index in [-0.39, 0.29) is 12.1 Å². The normalized spacial score (nSPS) is 17.7. The number of hydrogen-bond donors (Lipinski definition) is 2. The third-order valence-electron chi connectivity index (χ3n) is 2.95. The number of hydrogen-bond acceptors (Lipinski definition) is 2. The van der Waals surface area contributed by atoms with E-state index in [0.29, 0.717) is 0 Å². The quantitative estimate of drug-likeness (QED) is 0.754. The van der Waals surface area contributed by atoms with E-state index in [0.717, 1.165) is 18.0 Å². The van der Waals surface area contributed by atoms with Crippen molar-refractivity contribution in [2.75, 3.05) is 13.2 Å². The second-order valence-corrected chi connectivity index (χ2v) is 4.53. The molecule has 1 fully saturated rings. The second kappa shape index (κ2) is 4.52. The largest absolute Gasteiger partial charge is 0.396 e. The van der Waals surface area contributed by atoms with Gasteiger partial charge in [-0.3, -0.25) is 0 Å². The first-order chi connectivity index (χ1) is 7.27. The summed E-state index contributed by atoms with van der Waals surface area (Å²) in [5.41, 5.74) is 1.48. The van der Waals surface area contributed by atoms with E-state index in [1.54, 1.807) is 0 Å². The zero-order valence-electron chi connectivity index (χ0n) is 8.67. The molecule has 15 heavy (non-hydrogen) atoms. The number of nitrogens with one attached hydrogen (secondary N) is 1. The fourth-order valence-electron chi connectivity index (χ4n) is 1.87. The van der Waals surface area contributed by atoms with Crippen molar-refractivity contribution in [1.29, 1.82) is 0 Å². The summed E-state index contributed by atoms with van der Waals surface area (Å²) in [4.78, 5) is 0. The Kier molecular flexibility index (Phi) is 3.29. The van der Waals surface area contributed by atoms with E-state index < -0.39 is 0 Å². The molecule has 3 heteroatoms. The van der Waals surface area contributed by atoms with Crippen molar-refractivity contribution in [2.45, 2.75) is 24.8 Å². The Bertz CT molecular complexity index is 319. The number of halogens is 1. The molecule has 1 aliphatic carbocycles. The van der Waals surface area contributed by atoms with Gasteiger partial charge in [0.1, 0.15) is 0 Å². The molecule has 0 unspecified atom stereocenters. The number of rotatable bonds is 5. The molecule has 0 radical (unpaired) electrons. The lowest BCUT2D eigenvalue weighted by Crippen LogP contribution is -2.30. The Hall–Kier alpha value is -0.570. The molecule has 0 saturated heterocycles. The molecule has 0 atom stereocenters. The minimum absolute atomic E-state index is 0.166. The van der Waals surface area contributed by atoms with Crippen LogP contribution in [0.5, 0.6) is 0 Å². The van der Waals surface area contributed by atoms with Crippen molar-refractivity contribution in [3.05, 3.63) is 34.9 Å². The zero-order chi connectivity index (χ0) is 10.7. The van der Waals surface area contributed by atoms with Gasteiger partial charge in [0.25, 0.3) is 0 Å². The number of aliphatic hydroxyl groups excluding tert-OH is 1. The van der Waals surface area contributed by atoms with Crippen LogP contribution in [0, 0.1) is 0 Å². The fraction of sp³-hybridized carbons (Fsp3) is 0.500. The summed E-state index contributed by atoms with van der Waals surface area (Å²) >= 11 is 5.86. The highest BCUT2D eigenvalue weighted by atomic mass is 35.5. The highest BCUT2D eigenvalue weighted by Gasteiger charge is 2.43. The van der Waals surface area contributed by atoms with Gasteiger partial charge in [-0.05, 0) is 43.5 Å². The summed E-state index contributed by atoms with van der Waals surface area (Å²) in [7, 11) is 0. The topological polar surface area (TPSA) is 32.3 Å². The van der Waals surface area contributed by atoms with Gasteiger partial charge in [0.05, 0.1) is 0 Å². The molecular formula is C12H16ClNO. The van der Waals surface area contributed by atoms with Gasteiger partial charge in [0.2, 0.25) is 0 Å². The molecule has 0 aromatic heterocycles. The van der Waals surface area contributed by atoms with Crippen LogP contribution in [-0.2, 0) is 5.54 Å². The van der Waals surface area contributed by atoms with Crippen molar-refractivity contribution in [2.24, 2.45) is 0 Å². The van der Waals surface area contributed by atoms with Gasteiger partial charge in [0.15, 0.2) is 0 Å². The third-order valence-corrected chi connectivity index (χ3v) is 3.20. The second-order valence-electron chi connectivity index (χ2n) is 4.09. The lowest BCUT2D eigenvalue weighted by molar-refractivity contribution is 0.282. The van der Waals surface area contributed by atoms with Gasteiger partial charge < -0.3 is 10.4 Å². The highest BCUT2D eigenvalue weighted by molar-refractivity contribution is 6.30. The predicted octanol–water partition coefficient (Wildman–Crippen LogP) is 2.30. The monoisotopic (exact) mass is 225 g/mol. The Labute approximate surface area is 95.3 Å². The molecular weight excluding hydrogens is 210 g/mol. The third kappa shape index (κ3) is 2.51. The molecule has 2 nitrogen and oxygen atoms in total. The number of benzene rings is 1. The van der Waals surface area contributed by atoms with Crippen LogP contribution < -0.4 is 5.32 Å². The summed E-state index contributed by atoms with van der Waals surface area (Å²) < 4.78 is 0. The Morgan fingerprint density at radius 1 is 1.27 bits per heavy atom. The maximum Gasteiger partial charge on any atom is 0.0443 e. The first-order valence-corrected chi connectivity index (χ1v) is 5.77. The van der Waals surface area contributed by atoms with Crippen LogP contribution in [0.3, 0.4) is 0 Å². The van der Waals surface area contributed by atoms with Gasteiger partial charge >= 0.3 is 0 Å². The number of aliphatic hydroxyl groups is 1. The first-order valence-electron chi connectivity index (χ1n) is 5.39. The minimum Gasteiger partial charge on any atom is -0.396 e. The van der Waals surface area contributed by atoms with Crippen molar-refractivity contribution in [3.8, 4) is 0 Å². The molecule has 1 aliphatic rings. The first kappa shape index (κ1) is 10.9. The van der Waals surface area contributed by atoms with Gasteiger partial charge in [-0.1, -0.05) is 23.7 Å². The van der Waals surface area contributed by atoms with E-state index in [4.69, 9.17) is 16.7 Å². The average Bonchev–Trinajstić information content (AvgIpc) is 3.00. The van der Waals surface area contributed by atoms with Crippen LogP contribution in [0.1, 0.15) is 24.8 Å². The summed E-state index contributed by atoms with van der Waals surface area (Å²) in [6.45, 7) is 1.13. The van der Waals surface area contributed by atoms with Crippen molar-refractivity contribution < 1.29 is 5.11 Å². The molecule has 0 amide bonds. The van der Waals surface area contributed by atoms with Crippen molar-refractivity contribution in [3.63, 3.8) is 0 Å². The van der Waals surface area contributed by atoms with E-state index in [2.05, 4.69) is 17.4 Å². The van der Waals surface area contributed by atoms with Gasteiger partial charge in [-0.15, -0.1) is 0 Å². The summed E-state index contributed by atoms with van der Waals surface area (Å²) in [6, 6.07) is 8.04. The molecule has 0 heterocycles. The van der Waals surface area contributed by atoms with Crippen LogP contribution in [-0.4, -0.2) is 18.3 Å². The standard InChI is InChI=1S/C12H16ClNO/c13-11-4-2-10(3-5-11)12(6-7-12)14-8-1-9-15/h2-5,14-15H,1,6-9H2. The maximum atomic E-state index is 8.73. The SMILES string of the molecule is OCCCNC1(c2ccc(Cl)cc2)CC1. The summed E-state index contributed by atoms with van der Waals surface area (Å²) in [6.07, 6.45) is 3.18. The van der Waals surface area contributed by atoms with Gasteiger partial charge in [-0.25, -0.2) is 0 Å². The van der Waals surface area contributed by atoms with Crippen LogP contribution in [0.2, 0.25) is 5.02 Å². The summed E-state index contributed by atoms with van der Waals surface area (Å²) in [5, 5.41) is 13.0. The fourth-order valence-corrected chi connectivity index (χ4v) is 1.99. The average molecular weight is 226 g/mol.